The average Bonchev–Trinajstić information content (AvgIpc) is 3.09. The Bertz CT molecular complexity index is 1500. The van der Waals surface area contributed by atoms with Crippen molar-refractivity contribution in [2.24, 2.45) is 0 Å². The zero-order valence-electron chi connectivity index (χ0n) is 32.7. The van der Waals surface area contributed by atoms with Crippen molar-refractivity contribution in [2.45, 2.75) is 148 Å². The van der Waals surface area contributed by atoms with Gasteiger partial charge in [-0.25, -0.2) is 0 Å². The van der Waals surface area contributed by atoms with Gasteiger partial charge in [0, 0.05) is 55.4 Å². The van der Waals surface area contributed by atoms with Crippen LogP contribution in [0.5, 0.6) is 0 Å². The monoisotopic (exact) mass is 840 g/mol. The summed E-state index contributed by atoms with van der Waals surface area (Å²) in [7, 11) is 0. The molecular formula is C34H48O24. The summed E-state index contributed by atoms with van der Waals surface area (Å²) in [4.78, 5) is 96.4. The lowest BCUT2D eigenvalue weighted by Crippen LogP contribution is -2.66. The van der Waals surface area contributed by atoms with Gasteiger partial charge in [0.25, 0.3) is 0 Å². The number of carbonyl (C=O) groups is 8. The molecule has 0 radical (unpaired) electrons. The Morgan fingerprint density at radius 2 is 0.759 bits per heavy atom. The van der Waals surface area contributed by atoms with E-state index in [0.717, 1.165) is 55.4 Å². The van der Waals surface area contributed by atoms with Crippen LogP contribution < -0.4 is 0 Å². The minimum absolute atomic E-state index is 0.586. The molecule has 3 saturated heterocycles. The highest BCUT2D eigenvalue weighted by Gasteiger charge is 2.57. The van der Waals surface area contributed by atoms with Gasteiger partial charge in [-0.15, -0.1) is 0 Å². The molecule has 328 valence electrons. The zero-order valence-corrected chi connectivity index (χ0v) is 32.7. The number of carbonyl (C=O) groups excluding carboxylic acids is 8. The van der Waals surface area contributed by atoms with Crippen molar-refractivity contribution in [3.8, 4) is 0 Å². The van der Waals surface area contributed by atoms with Crippen LogP contribution >= 0.6 is 0 Å². The van der Waals surface area contributed by atoms with Crippen LogP contribution in [0.1, 0.15) is 55.4 Å². The summed E-state index contributed by atoms with van der Waals surface area (Å²) < 4.78 is 71.0. The number of hydrogen-bond acceptors (Lipinski definition) is 24. The molecule has 15 atom stereocenters. The lowest BCUT2D eigenvalue weighted by Gasteiger charge is -2.47. The third-order valence-electron chi connectivity index (χ3n) is 8.27. The fourth-order valence-electron chi connectivity index (χ4n) is 6.18. The normalized spacial score (nSPS) is 34.6. The van der Waals surface area contributed by atoms with Crippen LogP contribution in [0, 0.1) is 0 Å². The maximum absolute atomic E-state index is 12.3. The molecule has 0 aromatic rings. The van der Waals surface area contributed by atoms with Crippen LogP contribution in [0.3, 0.4) is 0 Å². The van der Waals surface area contributed by atoms with E-state index in [4.69, 9.17) is 61.6 Å². The second-order valence-electron chi connectivity index (χ2n) is 13.1. The van der Waals surface area contributed by atoms with E-state index >= 15 is 0 Å². The van der Waals surface area contributed by atoms with Crippen LogP contribution in [-0.2, 0) is 99.9 Å². The Hall–Kier alpha value is -4.56. The topological polar surface area (TPSA) is 317 Å². The van der Waals surface area contributed by atoms with E-state index in [9.17, 15) is 53.7 Å². The lowest BCUT2D eigenvalue weighted by atomic mass is 9.96. The fraction of sp³-hybridized carbons (Fsp3) is 0.765. The SMILES string of the molecule is CC(=O)OC[C@H]1O[C@@H](OC[C@H]2O[C@H](O)[C@H](O)[C@@H](O[C@@H]3O[C@H](COC(C)=O)[C@@H](OC(C)=O)[C@H](OC(C)=O)[C@H]3OC(C)=O)[C@H]2O)[C@H](OC(C)=O)[C@@H](OC(C)=O)[C@@H]1OC(C)=O. The molecule has 0 aliphatic carbocycles. The molecule has 3 aliphatic heterocycles. The van der Waals surface area contributed by atoms with Gasteiger partial charge in [0.05, 0.1) is 6.61 Å². The van der Waals surface area contributed by atoms with Gasteiger partial charge in [0.2, 0.25) is 0 Å². The first-order valence-electron chi connectivity index (χ1n) is 17.7. The van der Waals surface area contributed by atoms with Crippen molar-refractivity contribution >= 4 is 47.8 Å². The number of ether oxygens (including phenoxy) is 13. The van der Waals surface area contributed by atoms with Gasteiger partial charge in [-0.2, -0.15) is 0 Å². The molecule has 3 aliphatic rings. The molecule has 3 fully saturated rings. The summed E-state index contributed by atoms with van der Waals surface area (Å²) in [5, 5.41) is 33.2. The molecule has 58 heavy (non-hydrogen) atoms. The van der Waals surface area contributed by atoms with E-state index in [1.54, 1.807) is 0 Å². The summed E-state index contributed by atoms with van der Waals surface area (Å²) >= 11 is 0. The molecule has 0 bridgehead atoms. The third kappa shape index (κ3) is 13.5. The Balaban J connectivity index is 1.97. The largest absolute Gasteiger partial charge is 0.463 e. The standard InChI is InChI=1S/C34H48O24/c1-12(35)46-10-21-25(49-14(3)37)28(51-16(5)39)30(53-18(7)41)33(56-21)48-9-20-23(43)27(24(44)32(45)55-20)58-34-31(54-19(8)42)29(52-17(6)40)26(50-15(4)38)22(57-34)11-47-13(2)36/h20-34,43-45H,9-11H2,1-8H3/t20-,21-,22-,23+,24-,25-,26-,27+,28+,29+,30-,31-,32+,33-,34+/m1/s1. The Morgan fingerprint density at radius 1 is 0.397 bits per heavy atom. The lowest BCUT2D eigenvalue weighted by molar-refractivity contribution is -0.362. The van der Waals surface area contributed by atoms with E-state index < -0.39 is 160 Å². The van der Waals surface area contributed by atoms with Crippen molar-refractivity contribution in [1.82, 2.24) is 0 Å². The molecule has 3 rings (SSSR count). The first-order chi connectivity index (χ1) is 27.1. The van der Waals surface area contributed by atoms with E-state index in [-0.39, 0.29) is 0 Å². The molecule has 0 aromatic carbocycles. The predicted octanol–water partition coefficient (Wildman–Crippen LogP) is -3.01. The first kappa shape index (κ1) is 47.8. The smallest absolute Gasteiger partial charge is 0.303 e. The second-order valence-corrected chi connectivity index (χ2v) is 13.1. The average molecular weight is 841 g/mol. The van der Waals surface area contributed by atoms with Crippen LogP contribution in [0.25, 0.3) is 0 Å². The highest BCUT2D eigenvalue weighted by Crippen LogP contribution is 2.35. The van der Waals surface area contributed by atoms with Gasteiger partial charge in [-0.3, -0.25) is 38.4 Å². The zero-order chi connectivity index (χ0) is 43.6. The Labute approximate surface area is 330 Å². The van der Waals surface area contributed by atoms with Gasteiger partial charge < -0.3 is 76.9 Å². The highest BCUT2D eigenvalue weighted by atomic mass is 16.8. The third-order valence-corrected chi connectivity index (χ3v) is 8.27. The van der Waals surface area contributed by atoms with Crippen molar-refractivity contribution in [2.75, 3.05) is 19.8 Å². The van der Waals surface area contributed by atoms with Crippen LogP contribution in [-0.4, -0.2) is 175 Å². The van der Waals surface area contributed by atoms with Gasteiger partial charge in [0.1, 0.15) is 49.8 Å². The minimum Gasteiger partial charge on any atom is -0.463 e. The number of hydrogen-bond donors (Lipinski definition) is 3. The van der Waals surface area contributed by atoms with Gasteiger partial charge >= 0.3 is 47.8 Å². The van der Waals surface area contributed by atoms with E-state index in [1.807, 2.05) is 0 Å². The quantitative estimate of drug-likeness (QED) is 0.109. The second kappa shape index (κ2) is 21.4. The van der Waals surface area contributed by atoms with Crippen molar-refractivity contribution in [3.63, 3.8) is 0 Å². The molecule has 0 spiro atoms. The molecule has 0 unspecified atom stereocenters. The molecule has 24 heteroatoms. The minimum atomic E-state index is -2.14. The summed E-state index contributed by atoms with van der Waals surface area (Å²) in [6.07, 6.45) is -26.2. The van der Waals surface area contributed by atoms with Crippen LogP contribution in [0.15, 0.2) is 0 Å². The van der Waals surface area contributed by atoms with Crippen LogP contribution in [0.4, 0.5) is 0 Å². The van der Waals surface area contributed by atoms with Gasteiger partial charge in [-0.1, -0.05) is 0 Å². The molecule has 3 N–H and O–H groups in total. The maximum Gasteiger partial charge on any atom is 0.303 e. The van der Waals surface area contributed by atoms with Crippen LogP contribution in [0.2, 0.25) is 0 Å². The summed E-state index contributed by atoms with van der Waals surface area (Å²) in [6, 6.07) is 0. The maximum atomic E-state index is 12.3. The molecule has 0 aromatic heterocycles. The van der Waals surface area contributed by atoms with Gasteiger partial charge in [-0.05, 0) is 0 Å². The number of aliphatic hydroxyl groups is 3. The van der Waals surface area contributed by atoms with Crippen molar-refractivity contribution in [3.05, 3.63) is 0 Å². The number of rotatable bonds is 15. The Morgan fingerprint density at radius 3 is 1.16 bits per heavy atom. The highest BCUT2D eigenvalue weighted by molar-refractivity contribution is 5.70. The fourth-order valence-corrected chi connectivity index (χ4v) is 6.18. The summed E-state index contributed by atoms with van der Waals surface area (Å²) in [5.74, 6) is -7.15. The number of esters is 8. The molecule has 0 amide bonds. The summed E-state index contributed by atoms with van der Waals surface area (Å²) in [6.45, 7) is 6.11. The van der Waals surface area contributed by atoms with Gasteiger partial charge in [0.15, 0.2) is 55.5 Å². The molecule has 0 saturated carbocycles. The van der Waals surface area contributed by atoms with Crippen molar-refractivity contribution in [1.29, 1.82) is 0 Å². The predicted molar refractivity (Wildman–Crippen MR) is 178 cm³/mol. The van der Waals surface area contributed by atoms with E-state index in [1.165, 1.54) is 0 Å². The molecular weight excluding hydrogens is 792 g/mol. The summed E-state index contributed by atoms with van der Waals surface area (Å²) in [5.41, 5.74) is 0. The Kier molecular flexibility index (Phi) is 17.7. The van der Waals surface area contributed by atoms with E-state index in [0.29, 0.717) is 0 Å². The molecule has 3 heterocycles. The molecule has 24 nitrogen and oxygen atoms in total. The first-order valence-corrected chi connectivity index (χ1v) is 17.7. The van der Waals surface area contributed by atoms with Crippen molar-refractivity contribution < 1.29 is 115 Å². The van der Waals surface area contributed by atoms with E-state index in [2.05, 4.69) is 0 Å². The number of aliphatic hydroxyl groups excluding tert-OH is 3.